The molecule has 4 nitrogen and oxygen atoms in total. The summed E-state index contributed by atoms with van der Waals surface area (Å²) in [6.45, 7) is 4.55. The van der Waals surface area contributed by atoms with Gasteiger partial charge in [-0.3, -0.25) is 9.48 Å². The van der Waals surface area contributed by atoms with Crippen molar-refractivity contribution >= 4 is 48.5 Å². The molecular weight excluding hydrogens is 424 g/mol. The van der Waals surface area contributed by atoms with Gasteiger partial charge < -0.3 is 5.11 Å². The maximum absolute atomic E-state index is 13.0. The number of hydrogen-bond acceptors (Lipinski definition) is 3. The van der Waals surface area contributed by atoms with Crippen molar-refractivity contribution in [3.05, 3.63) is 56.1 Å². The highest BCUT2D eigenvalue weighted by Crippen LogP contribution is 2.34. The lowest BCUT2D eigenvalue weighted by Gasteiger charge is -2.07. The van der Waals surface area contributed by atoms with E-state index in [2.05, 4.69) is 37.0 Å². The van der Waals surface area contributed by atoms with Crippen LogP contribution in [0.25, 0.3) is 10.9 Å². The Balaban J connectivity index is 2.23. The van der Waals surface area contributed by atoms with Gasteiger partial charge in [0.2, 0.25) is 5.78 Å². The predicted molar refractivity (Wildman–Crippen MR) is 97.1 cm³/mol. The number of fused-ring (bicyclic) bond motifs is 1. The molecule has 2 aromatic carbocycles. The number of hydrogen-bond donors (Lipinski definition) is 1. The molecule has 0 aliphatic carbocycles. The summed E-state index contributed by atoms with van der Waals surface area (Å²) in [5.41, 5.74) is 2.93. The van der Waals surface area contributed by atoms with Gasteiger partial charge in [0.15, 0.2) is 0 Å². The van der Waals surface area contributed by atoms with Gasteiger partial charge in [-0.25, -0.2) is 0 Å². The van der Waals surface area contributed by atoms with Crippen LogP contribution in [-0.4, -0.2) is 20.7 Å². The van der Waals surface area contributed by atoms with E-state index in [0.717, 1.165) is 16.5 Å². The number of rotatable bonds is 3. The Kier molecular flexibility index (Phi) is 4.29. The van der Waals surface area contributed by atoms with Gasteiger partial charge in [-0.1, -0.05) is 11.6 Å². The average Bonchev–Trinajstić information content (AvgIpc) is 2.89. The molecule has 118 valence electrons. The number of aromatic hydroxyl groups is 1. The molecule has 6 heteroatoms. The lowest BCUT2D eigenvalue weighted by atomic mass is 10.0. The third kappa shape index (κ3) is 2.81. The number of phenolic OH excluding ortho intramolecular Hbond substituents is 1. The molecule has 0 bridgehead atoms. The molecule has 0 radical (unpaired) electrons. The zero-order valence-electron chi connectivity index (χ0n) is 12.6. The van der Waals surface area contributed by atoms with Crippen LogP contribution in [0, 0.1) is 6.92 Å². The molecule has 0 saturated heterocycles. The maximum atomic E-state index is 13.0. The van der Waals surface area contributed by atoms with Gasteiger partial charge in [-0.05, 0) is 70.0 Å². The summed E-state index contributed by atoms with van der Waals surface area (Å²) >= 11 is 6.54. The molecule has 1 N–H and O–H groups in total. The molecule has 0 aliphatic rings. The van der Waals surface area contributed by atoms with Crippen LogP contribution in [0.1, 0.15) is 28.5 Å². The first kappa shape index (κ1) is 16.2. The van der Waals surface area contributed by atoms with Crippen molar-refractivity contribution in [3.8, 4) is 5.75 Å². The van der Waals surface area contributed by atoms with Crippen molar-refractivity contribution in [2.75, 3.05) is 0 Å². The second-order valence-electron chi connectivity index (χ2n) is 5.30. The van der Waals surface area contributed by atoms with E-state index in [-0.39, 0.29) is 11.5 Å². The highest BCUT2D eigenvalue weighted by atomic mass is 79.9. The molecule has 0 unspecified atom stereocenters. The highest BCUT2D eigenvalue weighted by Gasteiger charge is 2.21. The summed E-state index contributed by atoms with van der Waals surface area (Å²) in [6.07, 6.45) is 0. The summed E-state index contributed by atoms with van der Waals surface area (Å²) in [5, 5.41) is 15.2. The second kappa shape index (κ2) is 6.09. The molecule has 23 heavy (non-hydrogen) atoms. The minimum absolute atomic E-state index is 0.0752. The van der Waals surface area contributed by atoms with Gasteiger partial charge in [0, 0.05) is 17.5 Å². The van der Waals surface area contributed by atoms with E-state index in [4.69, 9.17) is 0 Å². The van der Waals surface area contributed by atoms with Gasteiger partial charge >= 0.3 is 0 Å². The summed E-state index contributed by atoms with van der Waals surface area (Å²) < 4.78 is 2.66. The van der Waals surface area contributed by atoms with Crippen molar-refractivity contribution < 1.29 is 9.90 Å². The maximum Gasteiger partial charge on any atom is 0.211 e. The Bertz CT molecular complexity index is 909. The SMILES string of the molecule is CCn1nc2ccc(C)cc2c1C(=O)c1cc(Br)c(O)c(Br)c1. The van der Waals surface area contributed by atoms with Crippen molar-refractivity contribution in [2.45, 2.75) is 20.4 Å². The van der Waals surface area contributed by atoms with Crippen molar-refractivity contribution in [1.29, 1.82) is 0 Å². The Morgan fingerprint density at radius 3 is 2.48 bits per heavy atom. The first-order valence-corrected chi connectivity index (χ1v) is 8.70. The Morgan fingerprint density at radius 2 is 1.87 bits per heavy atom. The van der Waals surface area contributed by atoms with Gasteiger partial charge in [-0.2, -0.15) is 5.10 Å². The Hall–Kier alpha value is -1.66. The third-order valence-corrected chi connectivity index (χ3v) is 4.90. The van der Waals surface area contributed by atoms with Crippen molar-refractivity contribution in [1.82, 2.24) is 9.78 Å². The van der Waals surface area contributed by atoms with Crippen LogP contribution in [-0.2, 0) is 6.54 Å². The van der Waals surface area contributed by atoms with Crippen LogP contribution in [0.2, 0.25) is 0 Å². The number of carbonyl (C=O) groups is 1. The van der Waals surface area contributed by atoms with Gasteiger partial charge in [-0.15, -0.1) is 0 Å². The summed E-state index contributed by atoms with van der Waals surface area (Å²) in [5.74, 6) is -0.0485. The number of ketones is 1. The highest BCUT2D eigenvalue weighted by molar-refractivity contribution is 9.11. The van der Waals surface area contributed by atoms with Crippen LogP contribution in [0.3, 0.4) is 0 Å². The number of carbonyl (C=O) groups excluding carboxylic acids is 1. The molecular formula is C17H14Br2N2O2. The summed E-state index contributed by atoms with van der Waals surface area (Å²) in [4.78, 5) is 13.0. The van der Waals surface area contributed by atoms with Gasteiger partial charge in [0.25, 0.3) is 0 Å². The van der Waals surface area contributed by atoms with Crippen LogP contribution < -0.4 is 0 Å². The fourth-order valence-electron chi connectivity index (χ4n) is 2.55. The molecule has 0 atom stereocenters. The minimum Gasteiger partial charge on any atom is -0.506 e. The fraction of sp³-hybridized carbons (Fsp3) is 0.176. The number of halogens is 2. The number of nitrogens with zero attached hydrogens (tertiary/aromatic N) is 2. The van der Waals surface area contributed by atoms with Crippen LogP contribution in [0.5, 0.6) is 5.75 Å². The van der Waals surface area contributed by atoms with Crippen LogP contribution in [0.4, 0.5) is 0 Å². The summed E-state index contributed by atoms with van der Waals surface area (Å²) in [6, 6.07) is 9.13. The normalized spacial score (nSPS) is 11.1. The molecule has 3 aromatic rings. The zero-order chi connectivity index (χ0) is 16.7. The van der Waals surface area contributed by atoms with Gasteiger partial charge in [0.1, 0.15) is 11.4 Å². The zero-order valence-corrected chi connectivity index (χ0v) is 15.8. The van der Waals surface area contributed by atoms with Gasteiger partial charge in [0.05, 0.1) is 14.5 Å². The number of aromatic nitrogens is 2. The Labute approximate surface area is 150 Å². The van der Waals surface area contributed by atoms with Crippen molar-refractivity contribution in [2.24, 2.45) is 0 Å². The molecule has 1 heterocycles. The second-order valence-corrected chi connectivity index (χ2v) is 7.01. The standard InChI is InChI=1S/C17H14Br2N2O2/c1-3-21-15(11-6-9(2)4-5-14(11)20-21)16(22)10-7-12(18)17(23)13(19)8-10/h4-8,23H,3H2,1-2H3. The largest absolute Gasteiger partial charge is 0.506 e. The van der Waals surface area contributed by atoms with E-state index in [9.17, 15) is 9.90 Å². The molecule has 1 aromatic heterocycles. The molecule has 0 aliphatic heterocycles. The lowest BCUT2D eigenvalue weighted by Crippen LogP contribution is -2.11. The van der Waals surface area contributed by atoms with E-state index >= 15 is 0 Å². The van der Waals surface area contributed by atoms with E-state index < -0.39 is 0 Å². The van der Waals surface area contributed by atoms with E-state index in [0.29, 0.717) is 26.7 Å². The molecule has 0 amide bonds. The first-order chi connectivity index (χ1) is 10.9. The molecule has 0 fully saturated rings. The smallest absolute Gasteiger partial charge is 0.211 e. The van der Waals surface area contributed by atoms with Crippen LogP contribution in [0.15, 0.2) is 39.3 Å². The predicted octanol–water partition coefficient (Wildman–Crippen LogP) is 4.83. The quantitative estimate of drug-likeness (QED) is 0.597. The number of aryl methyl sites for hydroxylation is 2. The first-order valence-electron chi connectivity index (χ1n) is 7.12. The number of phenols is 1. The Morgan fingerprint density at radius 1 is 1.22 bits per heavy atom. The van der Waals surface area contributed by atoms with E-state index in [1.54, 1.807) is 16.8 Å². The average molecular weight is 438 g/mol. The number of benzene rings is 2. The molecule has 3 rings (SSSR count). The minimum atomic E-state index is -0.124. The van der Waals surface area contributed by atoms with E-state index in [1.807, 2.05) is 32.0 Å². The molecule has 0 saturated carbocycles. The van der Waals surface area contributed by atoms with Crippen LogP contribution >= 0.6 is 31.9 Å². The van der Waals surface area contributed by atoms with E-state index in [1.165, 1.54) is 0 Å². The molecule has 0 spiro atoms. The summed E-state index contributed by atoms with van der Waals surface area (Å²) in [7, 11) is 0. The van der Waals surface area contributed by atoms with Crippen molar-refractivity contribution in [3.63, 3.8) is 0 Å². The lowest BCUT2D eigenvalue weighted by molar-refractivity contribution is 0.103. The monoisotopic (exact) mass is 436 g/mol. The third-order valence-electron chi connectivity index (χ3n) is 3.69. The fourth-order valence-corrected chi connectivity index (χ4v) is 3.73. The topological polar surface area (TPSA) is 55.1 Å².